The molecule has 2 rings (SSSR count). The van der Waals surface area contributed by atoms with E-state index in [9.17, 15) is 0 Å². The summed E-state index contributed by atoms with van der Waals surface area (Å²) < 4.78 is 5.07. The van der Waals surface area contributed by atoms with E-state index in [-0.39, 0.29) is 6.04 Å². The normalized spacial score (nSPS) is 25.0. The van der Waals surface area contributed by atoms with Crippen molar-refractivity contribution in [2.24, 2.45) is 17.6 Å². The van der Waals surface area contributed by atoms with Crippen LogP contribution in [0.1, 0.15) is 44.6 Å². The Morgan fingerprint density at radius 1 is 1.32 bits per heavy atom. The van der Waals surface area contributed by atoms with Crippen molar-refractivity contribution in [3.8, 4) is 5.88 Å². The van der Waals surface area contributed by atoms with E-state index < -0.39 is 0 Å². The third-order valence-electron chi connectivity index (χ3n) is 4.55. The summed E-state index contributed by atoms with van der Waals surface area (Å²) in [5.41, 5.74) is 7.59. The third kappa shape index (κ3) is 3.93. The van der Waals surface area contributed by atoms with E-state index in [1.165, 1.54) is 37.7 Å². The first-order chi connectivity index (χ1) is 9.22. The first-order valence-corrected chi connectivity index (χ1v) is 7.47. The molecule has 0 spiro atoms. The average Bonchev–Trinajstić information content (AvgIpc) is 2.48. The van der Waals surface area contributed by atoms with Crippen molar-refractivity contribution in [3.63, 3.8) is 0 Å². The molecule has 0 bridgehead atoms. The minimum atomic E-state index is 0.271. The standard InChI is InChI=1S/C16H26N2O/c1-3-12-4-7-14(8-5-12)15(17)10-13-6-9-16(19-2)18-11-13/h6,9,11-12,14-15H,3-5,7-8,10,17H2,1-2H3. The molecule has 0 saturated heterocycles. The fourth-order valence-electron chi connectivity index (χ4n) is 3.12. The molecule has 1 aliphatic carbocycles. The minimum absolute atomic E-state index is 0.271. The van der Waals surface area contributed by atoms with Crippen LogP contribution in [0.2, 0.25) is 0 Å². The van der Waals surface area contributed by atoms with Gasteiger partial charge in [-0.2, -0.15) is 0 Å². The summed E-state index contributed by atoms with van der Waals surface area (Å²) >= 11 is 0. The van der Waals surface area contributed by atoms with E-state index in [4.69, 9.17) is 10.5 Å². The molecule has 1 atom stereocenters. The first-order valence-electron chi connectivity index (χ1n) is 7.47. The van der Waals surface area contributed by atoms with Gasteiger partial charge in [-0.25, -0.2) is 4.98 Å². The molecular weight excluding hydrogens is 236 g/mol. The van der Waals surface area contributed by atoms with Crippen LogP contribution in [-0.2, 0) is 6.42 Å². The van der Waals surface area contributed by atoms with Gasteiger partial charge in [0.25, 0.3) is 0 Å². The molecule has 0 aromatic carbocycles. The molecule has 3 heteroatoms. The zero-order chi connectivity index (χ0) is 13.7. The topological polar surface area (TPSA) is 48.1 Å². The van der Waals surface area contributed by atoms with Crippen LogP contribution < -0.4 is 10.5 Å². The molecule has 1 unspecified atom stereocenters. The average molecular weight is 262 g/mol. The lowest BCUT2D eigenvalue weighted by atomic mass is 9.76. The Balaban J connectivity index is 1.84. The van der Waals surface area contributed by atoms with Crippen LogP contribution >= 0.6 is 0 Å². The van der Waals surface area contributed by atoms with E-state index in [0.717, 1.165) is 12.3 Å². The van der Waals surface area contributed by atoms with Crippen molar-refractivity contribution in [2.75, 3.05) is 7.11 Å². The summed E-state index contributed by atoms with van der Waals surface area (Å²) in [4.78, 5) is 4.24. The molecule has 0 radical (unpaired) electrons. The number of hydrogen-bond donors (Lipinski definition) is 1. The second-order valence-corrected chi connectivity index (χ2v) is 5.77. The highest BCUT2D eigenvalue weighted by Crippen LogP contribution is 2.32. The summed E-state index contributed by atoms with van der Waals surface area (Å²) in [6.45, 7) is 2.30. The molecule has 2 N–H and O–H groups in total. The van der Waals surface area contributed by atoms with E-state index in [1.54, 1.807) is 7.11 Å². The Labute approximate surface area is 116 Å². The van der Waals surface area contributed by atoms with Gasteiger partial charge in [0.1, 0.15) is 0 Å². The Kier molecular flexibility index (Phi) is 5.20. The number of aromatic nitrogens is 1. The van der Waals surface area contributed by atoms with Crippen molar-refractivity contribution >= 4 is 0 Å². The highest BCUT2D eigenvalue weighted by molar-refractivity contribution is 5.18. The van der Waals surface area contributed by atoms with Gasteiger partial charge < -0.3 is 10.5 Å². The van der Waals surface area contributed by atoms with E-state index in [0.29, 0.717) is 11.8 Å². The quantitative estimate of drug-likeness (QED) is 0.886. The van der Waals surface area contributed by atoms with Gasteiger partial charge in [-0.3, -0.25) is 0 Å². The summed E-state index contributed by atoms with van der Waals surface area (Å²) in [6, 6.07) is 4.26. The molecule has 1 heterocycles. The Bertz CT molecular complexity index is 369. The Hall–Kier alpha value is -1.09. The number of hydrogen-bond acceptors (Lipinski definition) is 3. The predicted molar refractivity (Wildman–Crippen MR) is 78.2 cm³/mol. The molecule has 1 fully saturated rings. The van der Waals surface area contributed by atoms with Gasteiger partial charge in [0.2, 0.25) is 5.88 Å². The van der Waals surface area contributed by atoms with Crippen LogP contribution in [0.3, 0.4) is 0 Å². The number of nitrogens with two attached hydrogens (primary N) is 1. The van der Waals surface area contributed by atoms with Gasteiger partial charge in [-0.1, -0.05) is 32.3 Å². The van der Waals surface area contributed by atoms with Crippen LogP contribution in [0.4, 0.5) is 0 Å². The fraction of sp³-hybridized carbons (Fsp3) is 0.688. The molecule has 1 aromatic rings. The van der Waals surface area contributed by atoms with Crippen molar-refractivity contribution < 1.29 is 4.74 Å². The number of rotatable bonds is 5. The van der Waals surface area contributed by atoms with E-state index >= 15 is 0 Å². The van der Waals surface area contributed by atoms with Crippen LogP contribution in [0.5, 0.6) is 5.88 Å². The van der Waals surface area contributed by atoms with Gasteiger partial charge in [-0.05, 0) is 36.7 Å². The zero-order valence-electron chi connectivity index (χ0n) is 12.1. The number of nitrogens with zero attached hydrogens (tertiary/aromatic N) is 1. The largest absolute Gasteiger partial charge is 0.481 e. The van der Waals surface area contributed by atoms with Crippen LogP contribution in [0, 0.1) is 11.8 Å². The Morgan fingerprint density at radius 2 is 2.05 bits per heavy atom. The molecule has 106 valence electrons. The van der Waals surface area contributed by atoms with Crippen molar-refractivity contribution in [3.05, 3.63) is 23.9 Å². The summed E-state index contributed by atoms with van der Waals surface area (Å²) in [7, 11) is 1.64. The predicted octanol–water partition coefficient (Wildman–Crippen LogP) is 3.18. The maximum atomic E-state index is 6.38. The van der Waals surface area contributed by atoms with Gasteiger partial charge in [-0.15, -0.1) is 0 Å². The monoisotopic (exact) mass is 262 g/mol. The van der Waals surface area contributed by atoms with Crippen molar-refractivity contribution in [1.82, 2.24) is 4.98 Å². The van der Waals surface area contributed by atoms with Crippen LogP contribution in [-0.4, -0.2) is 18.1 Å². The van der Waals surface area contributed by atoms with Gasteiger partial charge in [0.05, 0.1) is 7.11 Å². The molecule has 3 nitrogen and oxygen atoms in total. The summed E-state index contributed by atoms with van der Waals surface area (Å²) in [6.07, 6.45) is 9.44. The molecular formula is C16H26N2O. The van der Waals surface area contributed by atoms with Gasteiger partial charge in [0, 0.05) is 18.3 Å². The summed E-state index contributed by atoms with van der Waals surface area (Å²) in [5, 5.41) is 0. The molecule has 1 saturated carbocycles. The smallest absolute Gasteiger partial charge is 0.212 e. The number of methoxy groups -OCH3 is 1. The second-order valence-electron chi connectivity index (χ2n) is 5.77. The second kappa shape index (κ2) is 6.90. The maximum Gasteiger partial charge on any atom is 0.212 e. The fourth-order valence-corrected chi connectivity index (χ4v) is 3.12. The van der Waals surface area contributed by atoms with Gasteiger partial charge in [0.15, 0.2) is 0 Å². The molecule has 1 aromatic heterocycles. The zero-order valence-corrected chi connectivity index (χ0v) is 12.1. The molecule has 0 amide bonds. The lowest BCUT2D eigenvalue weighted by Gasteiger charge is -2.31. The van der Waals surface area contributed by atoms with E-state index in [2.05, 4.69) is 18.0 Å². The van der Waals surface area contributed by atoms with E-state index in [1.807, 2.05) is 12.3 Å². The third-order valence-corrected chi connectivity index (χ3v) is 4.55. The first kappa shape index (κ1) is 14.3. The molecule has 19 heavy (non-hydrogen) atoms. The highest BCUT2D eigenvalue weighted by atomic mass is 16.5. The maximum absolute atomic E-state index is 6.38. The lowest BCUT2D eigenvalue weighted by molar-refractivity contribution is 0.238. The Morgan fingerprint density at radius 3 is 2.58 bits per heavy atom. The highest BCUT2D eigenvalue weighted by Gasteiger charge is 2.24. The van der Waals surface area contributed by atoms with Crippen molar-refractivity contribution in [1.29, 1.82) is 0 Å². The SMILES string of the molecule is CCC1CCC(C(N)Cc2ccc(OC)nc2)CC1. The molecule has 0 aliphatic heterocycles. The minimum Gasteiger partial charge on any atom is -0.481 e. The molecule has 1 aliphatic rings. The van der Waals surface area contributed by atoms with Crippen molar-refractivity contribution in [2.45, 2.75) is 51.5 Å². The van der Waals surface area contributed by atoms with Crippen LogP contribution in [0.25, 0.3) is 0 Å². The summed E-state index contributed by atoms with van der Waals surface area (Å²) in [5.74, 6) is 2.29. The number of pyridine rings is 1. The van der Waals surface area contributed by atoms with Crippen LogP contribution in [0.15, 0.2) is 18.3 Å². The lowest BCUT2D eigenvalue weighted by Crippen LogP contribution is -2.34. The number of ether oxygens (including phenoxy) is 1. The van der Waals surface area contributed by atoms with Gasteiger partial charge >= 0.3 is 0 Å².